The topological polar surface area (TPSA) is 16.3 Å². The lowest BCUT2D eigenvalue weighted by atomic mass is 9.81. The van der Waals surface area contributed by atoms with E-state index in [1.807, 2.05) is 0 Å². The van der Waals surface area contributed by atoms with Crippen LogP contribution < -0.4 is 9.80 Å². The fourth-order valence-corrected chi connectivity index (χ4v) is 19.0. The number of hydrogen-bond acceptors (Lipinski definition) is 2. The van der Waals surface area contributed by atoms with Crippen LogP contribution in [0.3, 0.4) is 0 Å². The fraction of sp³-hybridized carbons (Fsp3) is 0.0526. The van der Waals surface area contributed by atoms with Gasteiger partial charge in [-0.15, -0.1) is 0 Å². The first-order chi connectivity index (χ1) is 58.0. The van der Waals surface area contributed by atoms with Gasteiger partial charge in [0.1, 0.15) is 0 Å². The molecule has 0 saturated carbocycles. The molecule has 2 heterocycles. The Morgan fingerprint density at radius 2 is 0.483 bits per heavy atom. The van der Waals surface area contributed by atoms with E-state index in [1.165, 1.54) is 166 Å². The van der Waals surface area contributed by atoms with Crippen molar-refractivity contribution in [2.24, 2.45) is 0 Å². The number of nitrogens with zero attached hydrogens (tertiary/aromatic N) is 4. The molecule has 2 aromatic heterocycles. The highest BCUT2D eigenvalue weighted by Gasteiger charge is 2.42. The standard InChI is InChI=1S/2C57H42N2/c1-57(2)53-23-12-11-21-51(53)56-55(57)52-38-44(30-37-54(52)59(56)45-18-7-4-8-19-45)41-26-33-47(34-27-41)58(46-31-24-40(25-32-46)39-14-5-3-6-15-39)48-35-28-43(29-36-48)50-22-13-17-42-16-9-10-20-49(42)50;1-57(2)53-20-12-11-19-51(53)56-55(57)52-38-46(29-36-54(52)59(56)47-17-7-4-8-18-47)43-27-34-50(35-28-43)58(48-30-23-41(24-31-48)39-13-5-3-6-14-39)49-32-25-42(26-33-49)45-22-21-40-15-9-10-16-44(40)37-45/h2*3-38H,1-2H3. The molecular weight excluding hydrogens is 1430 g/mol. The number of para-hydroxylation sites is 2. The van der Waals surface area contributed by atoms with Gasteiger partial charge in [0.2, 0.25) is 0 Å². The van der Waals surface area contributed by atoms with Crippen molar-refractivity contribution >= 4 is 77.5 Å². The Bertz CT molecular complexity index is 7130. The molecule has 0 amide bonds. The SMILES string of the molecule is CC1(C)c2ccccc2-c2c1c1cc(-c3ccc(N(c4ccc(-c5ccccc5)cc4)c4ccc(-c5ccc6ccccc6c5)cc4)cc3)ccc1n2-c1ccccc1.CC1(C)c2ccccc2-c2c1c1cc(-c3ccc(N(c4ccc(-c5ccccc5)cc4)c4ccc(-c5cccc6ccccc56)cc4)cc3)ccc1n2-c1ccccc1. The highest BCUT2D eigenvalue weighted by atomic mass is 15.1. The predicted octanol–water partition coefficient (Wildman–Crippen LogP) is 31.1. The first-order valence-electron chi connectivity index (χ1n) is 41.0. The van der Waals surface area contributed by atoms with Crippen molar-refractivity contribution in [3.8, 4) is 101 Å². The van der Waals surface area contributed by atoms with Crippen molar-refractivity contribution in [3.63, 3.8) is 0 Å². The Balaban J connectivity index is 0.000000147. The molecule has 0 fully saturated rings. The molecular formula is C114H84N4. The van der Waals surface area contributed by atoms with Gasteiger partial charge < -0.3 is 18.9 Å². The summed E-state index contributed by atoms with van der Waals surface area (Å²) in [5.74, 6) is 0. The Labute approximate surface area is 690 Å². The molecule has 22 rings (SSSR count). The lowest BCUT2D eigenvalue weighted by Gasteiger charge is -2.26. The largest absolute Gasteiger partial charge is 0.311 e. The van der Waals surface area contributed by atoms with E-state index in [4.69, 9.17) is 0 Å². The minimum absolute atomic E-state index is 0.132. The summed E-state index contributed by atoms with van der Waals surface area (Å²) in [6.07, 6.45) is 0. The van der Waals surface area contributed by atoms with E-state index >= 15 is 0 Å². The molecule has 0 saturated heterocycles. The van der Waals surface area contributed by atoms with Crippen molar-refractivity contribution in [1.82, 2.24) is 9.13 Å². The summed E-state index contributed by atoms with van der Waals surface area (Å²) in [6, 6.07) is 159. The second kappa shape index (κ2) is 29.2. The first kappa shape index (κ1) is 71.0. The monoisotopic (exact) mass is 1510 g/mol. The summed E-state index contributed by atoms with van der Waals surface area (Å²) >= 11 is 0. The minimum atomic E-state index is -0.133. The molecule has 118 heavy (non-hydrogen) atoms. The Hall–Kier alpha value is -14.8. The molecule has 0 aliphatic heterocycles. The average Bonchev–Trinajstić information content (AvgIpc) is 1.54. The van der Waals surface area contributed by atoms with Crippen molar-refractivity contribution < 1.29 is 0 Å². The number of aromatic nitrogens is 2. The highest BCUT2D eigenvalue weighted by Crippen LogP contribution is 2.56. The van der Waals surface area contributed by atoms with Gasteiger partial charge in [-0.2, -0.15) is 0 Å². The Morgan fingerprint density at radius 1 is 0.195 bits per heavy atom. The van der Waals surface area contributed by atoms with Crippen molar-refractivity contribution in [2.75, 3.05) is 9.80 Å². The number of rotatable bonds is 14. The zero-order valence-electron chi connectivity index (χ0n) is 66.4. The summed E-state index contributed by atoms with van der Waals surface area (Å²) in [7, 11) is 0. The molecule has 0 radical (unpaired) electrons. The minimum Gasteiger partial charge on any atom is -0.311 e. The third-order valence-corrected chi connectivity index (χ3v) is 24.7. The summed E-state index contributed by atoms with van der Waals surface area (Å²) in [4.78, 5) is 4.72. The lowest BCUT2D eigenvalue weighted by molar-refractivity contribution is 0.666. The van der Waals surface area contributed by atoms with Gasteiger partial charge in [0.25, 0.3) is 0 Å². The quantitative estimate of drug-likeness (QED) is 0.108. The third-order valence-electron chi connectivity index (χ3n) is 24.7. The van der Waals surface area contributed by atoms with E-state index in [0.29, 0.717) is 0 Å². The van der Waals surface area contributed by atoms with Crippen molar-refractivity contribution in [1.29, 1.82) is 0 Å². The molecule has 2 aliphatic rings. The van der Waals surface area contributed by atoms with Crippen LogP contribution in [0.4, 0.5) is 34.1 Å². The maximum absolute atomic E-state index is 2.47. The molecule has 4 nitrogen and oxygen atoms in total. The van der Waals surface area contributed by atoms with Crippen LogP contribution in [0.25, 0.3) is 144 Å². The molecule has 0 N–H and O–H groups in total. The van der Waals surface area contributed by atoms with Gasteiger partial charge in [0.15, 0.2) is 0 Å². The van der Waals surface area contributed by atoms with Gasteiger partial charge in [0, 0.05) is 78.2 Å². The van der Waals surface area contributed by atoms with Crippen LogP contribution in [0.1, 0.15) is 49.9 Å². The normalized spacial score (nSPS) is 12.7. The second-order valence-corrected chi connectivity index (χ2v) is 32.4. The molecule has 560 valence electrons. The van der Waals surface area contributed by atoms with Gasteiger partial charge in [-0.25, -0.2) is 0 Å². The number of benzene rings is 18. The van der Waals surface area contributed by atoms with Gasteiger partial charge in [-0.05, 0) is 238 Å². The van der Waals surface area contributed by atoms with Crippen LogP contribution in [0, 0.1) is 0 Å². The summed E-state index contributed by atoms with van der Waals surface area (Å²) in [6.45, 7) is 9.51. The summed E-state index contributed by atoms with van der Waals surface area (Å²) in [5.41, 5.74) is 36.5. The van der Waals surface area contributed by atoms with E-state index < -0.39 is 0 Å². The van der Waals surface area contributed by atoms with Crippen LogP contribution >= 0.6 is 0 Å². The number of anilines is 6. The third kappa shape index (κ3) is 12.4. The maximum Gasteiger partial charge on any atom is 0.0584 e. The molecule has 20 aromatic rings. The highest BCUT2D eigenvalue weighted by molar-refractivity contribution is 6.04. The number of fused-ring (bicyclic) bond motifs is 12. The first-order valence-corrected chi connectivity index (χ1v) is 41.0. The zero-order chi connectivity index (χ0) is 79.0. The molecule has 0 unspecified atom stereocenters. The molecule has 2 aliphatic carbocycles. The molecule has 18 aromatic carbocycles. The second-order valence-electron chi connectivity index (χ2n) is 32.4. The van der Waals surface area contributed by atoms with Crippen LogP contribution in [0.15, 0.2) is 437 Å². The van der Waals surface area contributed by atoms with Gasteiger partial charge in [-0.1, -0.05) is 337 Å². The van der Waals surface area contributed by atoms with Crippen LogP contribution in [0.2, 0.25) is 0 Å². The van der Waals surface area contributed by atoms with E-state index in [0.717, 1.165) is 34.1 Å². The van der Waals surface area contributed by atoms with Crippen LogP contribution in [-0.4, -0.2) is 9.13 Å². The van der Waals surface area contributed by atoms with Gasteiger partial charge in [0.05, 0.1) is 22.4 Å². The Morgan fingerprint density at radius 3 is 0.898 bits per heavy atom. The van der Waals surface area contributed by atoms with Crippen molar-refractivity contribution in [2.45, 2.75) is 38.5 Å². The van der Waals surface area contributed by atoms with E-state index in [1.54, 1.807) is 0 Å². The smallest absolute Gasteiger partial charge is 0.0584 e. The van der Waals surface area contributed by atoms with Crippen molar-refractivity contribution in [3.05, 3.63) is 459 Å². The van der Waals surface area contributed by atoms with Crippen LogP contribution in [-0.2, 0) is 10.8 Å². The fourth-order valence-electron chi connectivity index (χ4n) is 19.0. The van der Waals surface area contributed by atoms with E-state index in [9.17, 15) is 0 Å². The maximum atomic E-state index is 2.47. The average molecular weight is 1510 g/mol. The van der Waals surface area contributed by atoms with E-state index in [-0.39, 0.29) is 10.8 Å². The van der Waals surface area contributed by atoms with Gasteiger partial charge in [-0.3, -0.25) is 0 Å². The summed E-state index contributed by atoms with van der Waals surface area (Å²) in [5, 5.41) is 7.63. The predicted molar refractivity (Wildman–Crippen MR) is 499 cm³/mol. The zero-order valence-corrected chi connectivity index (χ0v) is 66.4. The van der Waals surface area contributed by atoms with Gasteiger partial charge >= 0.3 is 0 Å². The summed E-state index contributed by atoms with van der Waals surface area (Å²) < 4.78 is 4.94. The molecule has 0 spiro atoms. The molecule has 4 heteroatoms. The molecule has 0 atom stereocenters. The Kier molecular flexibility index (Phi) is 17.6. The molecule has 0 bridgehead atoms. The lowest BCUT2D eigenvalue weighted by Crippen LogP contribution is -2.14. The van der Waals surface area contributed by atoms with E-state index in [2.05, 4.69) is 483 Å². The number of hydrogen-bond donors (Lipinski definition) is 0. The van der Waals surface area contributed by atoms with Crippen LogP contribution in [0.5, 0.6) is 0 Å².